The van der Waals surface area contributed by atoms with Gasteiger partial charge in [-0.25, -0.2) is 0 Å². The predicted molar refractivity (Wildman–Crippen MR) is 73.0 cm³/mol. The fourth-order valence-corrected chi connectivity index (χ4v) is 3.06. The van der Waals surface area contributed by atoms with Crippen molar-refractivity contribution in [1.82, 2.24) is 5.32 Å². The van der Waals surface area contributed by atoms with Gasteiger partial charge < -0.3 is 5.32 Å². The first-order valence-electron chi connectivity index (χ1n) is 6.78. The molecule has 1 aliphatic heterocycles. The molecule has 1 saturated heterocycles. The fourth-order valence-electron chi connectivity index (χ4n) is 3.06. The number of carbonyl (C=O) groups excluding carboxylic acids is 3. The second-order valence-electron chi connectivity index (χ2n) is 5.57. The Morgan fingerprint density at radius 2 is 2.00 bits per heavy atom. The topological polar surface area (TPSA) is 75.3 Å². The maximum absolute atomic E-state index is 12.0. The van der Waals surface area contributed by atoms with E-state index in [1.54, 1.807) is 6.92 Å². The molecule has 1 fully saturated rings. The Balaban J connectivity index is 1.85. The van der Waals surface area contributed by atoms with Crippen LogP contribution in [-0.4, -0.2) is 17.7 Å². The smallest absolute Gasteiger partial charge is 0.233 e. The van der Waals surface area contributed by atoms with Crippen LogP contribution in [0, 0.1) is 5.41 Å². The second-order valence-corrected chi connectivity index (χ2v) is 5.57. The summed E-state index contributed by atoms with van der Waals surface area (Å²) in [4.78, 5) is 34.8. The van der Waals surface area contributed by atoms with E-state index in [1.165, 1.54) is 0 Å². The molecule has 0 radical (unpaired) electrons. The van der Waals surface area contributed by atoms with Crippen LogP contribution in [0.1, 0.15) is 30.9 Å². The Kier molecular flexibility index (Phi) is 2.85. The molecule has 3 rings (SSSR count). The lowest BCUT2D eigenvalue weighted by Gasteiger charge is -2.16. The summed E-state index contributed by atoms with van der Waals surface area (Å²) in [5, 5.41) is 5.21. The molecule has 1 aromatic carbocycles. The van der Waals surface area contributed by atoms with Gasteiger partial charge in [0, 0.05) is 18.5 Å². The van der Waals surface area contributed by atoms with Gasteiger partial charge in [-0.1, -0.05) is 13.0 Å². The highest BCUT2D eigenvalue weighted by molar-refractivity contribution is 6.06. The van der Waals surface area contributed by atoms with Gasteiger partial charge in [0.25, 0.3) is 0 Å². The standard InChI is InChI=1S/C15H16N2O3/c1-2-12(18)16-11-4-3-9-6-15(7-10(9)5-11)8-13(19)17-14(15)20/h3-5H,2,6-8H2,1H3,(H,16,18)(H,17,19,20). The Labute approximate surface area is 116 Å². The van der Waals surface area contributed by atoms with Crippen LogP contribution in [0.2, 0.25) is 0 Å². The molecule has 5 nitrogen and oxygen atoms in total. The molecule has 0 aromatic heterocycles. The number of hydrogen-bond donors (Lipinski definition) is 2. The Hall–Kier alpha value is -2.17. The SMILES string of the molecule is CCC(=O)Nc1ccc2c(c1)CC1(CC(=O)NC1=O)C2. The Bertz CT molecular complexity index is 624. The maximum atomic E-state index is 12.0. The highest BCUT2D eigenvalue weighted by Gasteiger charge is 2.50. The van der Waals surface area contributed by atoms with Crippen LogP contribution in [-0.2, 0) is 27.2 Å². The molecule has 1 unspecified atom stereocenters. The third-order valence-corrected chi connectivity index (χ3v) is 4.10. The lowest BCUT2D eigenvalue weighted by Crippen LogP contribution is -2.32. The van der Waals surface area contributed by atoms with Gasteiger partial charge in [-0.3, -0.25) is 19.7 Å². The predicted octanol–water partition coefficient (Wildman–Crippen LogP) is 1.17. The zero-order chi connectivity index (χ0) is 14.3. The molecule has 20 heavy (non-hydrogen) atoms. The molecule has 0 bridgehead atoms. The average Bonchev–Trinajstić information content (AvgIpc) is 2.89. The molecule has 0 saturated carbocycles. The summed E-state index contributed by atoms with van der Waals surface area (Å²) in [6.45, 7) is 1.80. The molecule has 1 aromatic rings. The van der Waals surface area contributed by atoms with Crippen molar-refractivity contribution >= 4 is 23.4 Å². The van der Waals surface area contributed by atoms with E-state index in [1.807, 2.05) is 18.2 Å². The summed E-state index contributed by atoms with van der Waals surface area (Å²) < 4.78 is 0. The molecule has 1 atom stereocenters. The summed E-state index contributed by atoms with van der Waals surface area (Å²) in [5.74, 6) is -0.397. The quantitative estimate of drug-likeness (QED) is 0.793. The minimum absolute atomic E-state index is 0.0357. The van der Waals surface area contributed by atoms with E-state index in [2.05, 4.69) is 10.6 Å². The van der Waals surface area contributed by atoms with Gasteiger partial charge in [0.05, 0.1) is 5.41 Å². The lowest BCUT2D eigenvalue weighted by molar-refractivity contribution is -0.128. The van der Waals surface area contributed by atoms with Gasteiger partial charge >= 0.3 is 0 Å². The zero-order valence-corrected chi connectivity index (χ0v) is 11.3. The molecule has 1 aliphatic carbocycles. The minimum Gasteiger partial charge on any atom is -0.326 e. The fraction of sp³-hybridized carbons (Fsp3) is 0.400. The number of imide groups is 1. The van der Waals surface area contributed by atoms with Crippen LogP contribution in [0.15, 0.2) is 18.2 Å². The first-order valence-corrected chi connectivity index (χ1v) is 6.78. The van der Waals surface area contributed by atoms with Crippen LogP contribution in [0.3, 0.4) is 0 Å². The third kappa shape index (κ3) is 1.99. The van der Waals surface area contributed by atoms with Gasteiger partial charge in [-0.2, -0.15) is 0 Å². The average molecular weight is 272 g/mol. The van der Waals surface area contributed by atoms with Gasteiger partial charge in [-0.15, -0.1) is 0 Å². The van der Waals surface area contributed by atoms with E-state index in [4.69, 9.17) is 0 Å². The van der Waals surface area contributed by atoms with E-state index in [-0.39, 0.29) is 24.1 Å². The van der Waals surface area contributed by atoms with E-state index in [9.17, 15) is 14.4 Å². The van der Waals surface area contributed by atoms with Gasteiger partial charge in [-0.05, 0) is 36.1 Å². The van der Waals surface area contributed by atoms with Crippen molar-refractivity contribution in [2.75, 3.05) is 5.32 Å². The van der Waals surface area contributed by atoms with Crippen molar-refractivity contribution in [3.63, 3.8) is 0 Å². The van der Waals surface area contributed by atoms with E-state index < -0.39 is 5.41 Å². The molecule has 1 heterocycles. The van der Waals surface area contributed by atoms with Gasteiger partial charge in [0.2, 0.25) is 17.7 Å². The molecule has 1 spiro atoms. The first kappa shape index (κ1) is 12.8. The van der Waals surface area contributed by atoms with Crippen LogP contribution >= 0.6 is 0 Å². The highest BCUT2D eigenvalue weighted by atomic mass is 16.2. The number of rotatable bonds is 2. The molecule has 104 valence electrons. The van der Waals surface area contributed by atoms with Crippen LogP contribution < -0.4 is 10.6 Å². The molecule has 5 heteroatoms. The van der Waals surface area contributed by atoms with Crippen molar-refractivity contribution in [3.05, 3.63) is 29.3 Å². The van der Waals surface area contributed by atoms with E-state index >= 15 is 0 Å². The third-order valence-electron chi connectivity index (χ3n) is 4.10. The van der Waals surface area contributed by atoms with Crippen molar-refractivity contribution in [1.29, 1.82) is 0 Å². The first-order chi connectivity index (χ1) is 9.52. The lowest BCUT2D eigenvalue weighted by atomic mass is 9.83. The van der Waals surface area contributed by atoms with Gasteiger partial charge in [0.15, 0.2) is 0 Å². The maximum Gasteiger partial charge on any atom is 0.233 e. The summed E-state index contributed by atoms with van der Waals surface area (Å²) in [5.41, 5.74) is 2.28. The number of nitrogens with one attached hydrogen (secondary N) is 2. The zero-order valence-electron chi connectivity index (χ0n) is 11.3. The normalized spacial score (nSPS) is 23.9. The molecular formula is C15H16N2O3. The molecule has 3 amide bonds. The summed E-state index contributed by atoms with van der Waals surface area (Å²) in [6.07, 6.45) is 1.85. The molecule has 2 N–H and O–H groups in total. The summed E-state index contributed by atoms with van der Waals surface area (Å²) in [6, 6.07) is 5.69. The van der Waals surface area contributed by atoms with Gasteiger partial charge in [0.1, 0.15) is 0 Å². The van der Waals surface area contributed by atoms with Crippen LogP contribution in [0.5, 0.6) is 0 Å². The largest absolute Gasteiger partial charge is 0.326 e. The van der Waals surface area contributed by atoms with Crippen molar-refractivity contribution in [3.8, 4) is 0 Å². The number of amides is 3. The number of carbonyl (C=O) groups is 3. The van der Waals surface area contributed by atoms with E-state index in [0.29, 0.717) is 19.3 Å². The number of fused-ring (bicyclic) bond motifs is 1. The summed E-state index contributed by atoms with van der Waals surface area (Å²) in [7, 11) is 0. The molecular weight excluding hydrogens is 256 g/mol. The second kappa shape index (κ2) is 4.44. The minimum atomic E-state index is -0.604. The molecule has 2 aliphatic rings. The highest BCUT2D eigenvalue weighted by Crippen LogP contribution is 2.43. The van der Waals surface area contributed by atoms with Crippen molar-refractivity contribution in [2.24, 2.45) is 5.41 Å². The van der Waals surface area contributed by atoms with Crippen LogP contribution in [0.25, 0.3) is 0 Å². The number of benzene rings is 1. The van der Waals surface area contributed by atoms with Crippen molar-refractivity contribution < 1.29 is 14.4 Å². The van der Waals surface area contributed by atoms with Crippen LogP contribution in [0.4, 0.5) is 5.69 Å². The number of anilines is 1. The Morgan fingerprint density at radius 1 is 1.25 bits per heavy atom. The Morgan fingerprint density at radius 3 is 2.65 bits per heavy atom. The summed E-state index contributed by atoms with van der Waals surface area (Å²) >= 11 is 0. The number of hydrogen-bond acceptors (Lipinski definition) is 3. The van der Waals surface area contributed by atoms with Crippen molar-refractivity contribution in [2.45, 2.75) is 32.6 Å². The van der Waals surface area contributed by atoms with E-state index in [0.717, 1.165) is 16.8 Å². The monoisotopic (exact) mass is 272 g/mol.